The molecule has 2 aliphatic rings. The molecular formula is C24H38N2O4. The van der Waals surface area contributed by atoms with Gasteiger partial charge in [0.1, 0.15) is 12.4 Å². The van der Waals surface area contributed by atoms with Crippen molar-refractivity contribution in [3.05, 3.63) is 29.3 Å². The molecule has 0 bridgehead atoms. The van der Waals surface area contributed by atoms with Gasteiger partial charge in [-0.15, -0.1) is 0 Å². The Labute approximate surface area is 181 Å². The smallest absolute Gasteiger partial charge is 0.217 e. The largest absolute Gasteiger partial charge is 0.491 e. The standard InChI is InChI=1S/C24H38N2O4/c1-2-19-8-9-21(20-10-13-26(14-11-20)12-5-6-23(25)27)22(18-19)28-16-17-30-24-7-3-4-15-29-24/h8-9,18,20,24H,2-7,10-17H2,1H3,(H2,25,27). The number of benzene rings is 1. The number of piperidine rings is 1. The Morgan fingerprint density at radius 1 is 1.20 bits per heavy atom. The van der Waals surface area contributed by atoms with E-state index in [1.165, 1.54) is 17.5 Å². The van der Waals surface area contributed by atoms with Crippen LogP contribution < -0.4 is 10.5 Å². The van der Waals surface area contributed by atoms with E-state index in [9.17, 15) is 4.79 Å². The van der Waals surface area contributed by atoms with Crippen LogP contribution in [0.3, 0.4) is 0 Å². The minimum atomic E-state index is -0.207. The first-order chi connectivity index (χ1) is 14.7. The summed E-state index contributed by atoms with van der Waals surface area (Å²) in [5, 5.41) is 0. The van der Waals surface area contributed by atoms with Crippen molar-refractivity contribution >= 4 is 5.91 Å². The van der Waals surface area contributed by atoms with E-state index < -0.39 is 0 Å². The van der Waals surface area contributed by atoms with Gasteiger partial charge in [0.15, 0.2) is 6.29 Å². The number of hydrogen-bond acceptors (Lipinski definition) is 5. The van der Waals surface area contributed by atoms with Crippen LogP contribution in [0.4, 0.5) is 0 Å². The molecule has 3 rings (SSSR count). The fraction of sp³-hybridized carbons (Fsp3) is 0.708. The molecule has 0 aromatic heterocycles. The summed E-state index contributed by atoms with van der Waals surface area (Å²) in [5.41, 5.74) is 7.87. The van der Waals surface area contributed by atoms with Crippen molar-refractivity contribution in [1.82, 2.24) is 4.90 Å². The van der Waals surface area contributed by atoms with Crippen LogP contribution in [0.25, 0.3) is 0 Å². The Morgan fingerprint density at radius 3 is 2.73 bits per heavy atom. The molecule has 6 heteroatoms. The highest BCUT2D eigenvalue weighted by Crippen LogP contribution is 2.35. The summed E-state index contributed by atoms with van der Waals surface area (Å²) in [4.78, 5) is 13.4. The molecular weight excluding hydrogens is 380 g/mol. The van der Waals surface area contributed by atoms with Gasteiger partial charge in [-0.25, -0.2) is 0 Å². The Kier molecular flexibility index (Phi) is 9.43. The van der Waals surface area contributed by atoms with Crippen LogP contribution in [0, 0.1) is 0 Å². The van der Waals surface area contributed by atoms with Crippen molar-refractivity contribution in [2.75, 3.05) is 39.5 Å². The topological polar surface area (TPSA) is 74.0 Å². The van der Waals surface area contributed by atoms with Gasteiger partial charge in [-0.2, -0.15) is 0 Å². The first kappa shape index (κ1) is 23.0. The summed E-state index contributed by atoms with van der Waals surface area (Å²) in [5.74, 6) is 1.32. The first-order valence-corrected chi connectivity index (χ1v) is 11.6. The summed E-state index contributed by atoms with van der Waals surface area (Å²) < 4.78 is 17.7. The quantitative estimate of drug-likeness (QED) is 0.556. The van der Waals surface area contributed by atoms with E-state index >= 15 is 0 Å². The Hall–Kier alpha value is -1.63. The number of hydrogen-bond donors (Lipinski definition) is 1. The first-order valence-electron chi connectivity index (χ1n) is 11.6. The molecule has 2 saturated heterocycles. The van der Waals surface area contributed by atoms with E-state index in [0.717, 1.165) is 70.5 Å². The van der Waals surface area contributed by atoms with Crippen LogP contribution in [-0.2, 0) is 20.7 Å². The maximum Gasteiger partial charge on any atom is 0.217 e. The number of aryl methyl sites for hydroxylation is 1. The van der Waals surface area contributed by atoms with Gasteiger partial charge in [-0.3, -0.25) is 4.79 Å². The average molecular weight is 419 g/mol. The van der Waals surface area contributed by atoms with Crippen LogP contribution in [0.2, 0.25) is 0 Å². The van der Waals surface area contributed by atoms with Gasteiger partial charge in [0.25, 0.3) is 0 Å². The molecule has 0 aliphatic carbocycles. The lowest BCUT2D eigenvalue weighted by atomic mass is 9.88. The second-order valence-electron chi connectivity index (χ2n) is 8.43. The monoisotopic (exact) mass is 418 g/mol. The third-order valence-corrected chi connectivity index (χ3v) is 6.19. The summed E-state index contributed by atoms with van der Waals surface area (Å²) >= 11 is 0. The van der Waals surface area contributed by atoms with Gasteiger partial charge >= 0.3 is 0 Å². The number of likely N-dealkylation sites (tertiary alicyclic amines) is 1. The number of primary amides is 1. The zero-order valence-electron chi connectivity index (χ0n) is 18.4. The zero-order chi connectivity index (χ0) is 21.2. The fourth-order valence-electron chi connectivity index (χ4n) is 4.38. The number of carbonyl (C=O) groups excluding carboxylic acids is 1. The van der Waals surface area contributed by atoms with Gasteiger partial charge in [0, 0.05) is 13.0 Å². The molecule has 1 atom stereocenters. The highest BCUT2D eigenvalue weighted by atomic mass is 16.7. The van der Waals surface area contributed by atoms with E-state index in [0.29, 0.717) is 25.6 Å². The predicted molar refractivity (Wildman–Crippen MR) is 118 cm³/mol. The SMILES string of the molecule is CCc1ccc(C2CCN(CCCC(N)=O)CC2)c(OCCOC2CCCCO2)c1. The van der Waals surface area contributed by atoms with E-state index in [2.05, 4.69) is 30.0 Å². The molecule has 1 aromatic rings. The van der Waals surface area contributed by atoms with Gasteiger partial charge in [0.05, 0.1) is 6.61 Å². The minimum absolute atomic E-state index is 0.0670. The number of ether oxygens (including phenoxy) is 3. The van der Waals surface area contributed by atoms with Crippen LogP contribution in [-0.4, -0.2) is 56.6 Å². The maximum absolute atomic E-state index is 10.9. The fourth-order valence-corrected chi connectivity index (χ4v) is 4.38. The molecule has 1 unspecified atom stereocenters. The van der Waals surface area contributed by atoms with Crippen LogP contribution in [0.1, 0.15) is 68.9 Å². The normalized spacial score (nSPS) is 20.9. The molecule has 2 heterocycles. The number of nitrogens with zero attached hydrogens (tertiary/aromatic N) is 1. The van der Waals surface area contributed by atoms with Crippen molar-refractivity contribution in [2.45, 2.75) is 70.5 Å². The average Bonchev–Trinajstić information content (AvgIpc) is 2.77. The molecule has 2 aliphatic heterocycles. The predicted octanol–water partition coefficient (Wildman–Crippen LogP) is 3.62. The Bertz CT molecular complexity index is 653. The highest BCUT2D eigenvalue weighted by molar-refractivity contribution is 5.73. The van der Waals surface area contributed by atoms with Crippen LogP contribution >= 0.6 is 0 Å². The molecule has 1 aromatic carbocycles. The minimum Gasteiger partial charge on any atom is -0.491 e. The summed E-state index contributed by atoms with van der Waals surface area (Å²) in [6, 6.07) is 6.69. The Balaban J connectivity index is 1.49. The number of amides is 1. The zero-order valence-corrected chi connectivity index (χ0v) is 18.4. The van der Waals surface area contributed by atoms with Gasteiger partial charge in [0.2, 0.25) is 5.91 Å². The van der Waals surface area contributed by atoms with Crippen molar-refractivity contribution in [2.24, 2.45) is 5.73 Å². The van der Waals surface area contributed by atoms with Crippen molar-refractivity contribution < 1.29 is 19.0 Å². The lowest BCUT2D eigenvalue weighted by Crippen LogP contribution is -2.34. The number of nitrogens with two attached hydrogens (primary N) is 1. The van der Waals surface area contributed by atoms with Gasteiger partial charge in [-0.1, -0.05) is 19.1 Å². The van der Waals surface area contributed by atoms with Crippen molar-refractivity contribution in [3.63, 3.8) is 0 Å². The van der Waals surface area contributed by atoms with E-state index in [4.69, 9.17) is 19.9 Å². The summed E-state index contributed by atoms with van der Waals surface area (Å²) in [6.45, 7) is 7.14. The molecule has 0 saturated carbocycles. The summed E-state index contributed by atoms with van der Waals surface area (Å²) in [7, 11) is 0. The van der Waals surface area contributed by atoms with Crippen molar-refractivity contribution in [3.8, 4) is 5.75 Å². The molecule has 6 nitrogen and oxygen atoms in total. The van der Waals surface area contributed by atoms with Gasteiger partial charge < -0.3 is 24.8 Å². The molecule has 2 fully saturated rings. The molecule has 0 radical (unpaired) electrons. The molecule has 2 N–H and O–H groups in total. The number of rotatable bonds is 11. The van der Waals surface area contributed by atoms with Crippen LogP contribution in [0.5, 0.6) is 5.75 Å². The second kappa shape index (κ2) is 12.3. The van der Waals surface area contributed by atoms with E-state index in [1.54, 1.807) is 0 Å². The third-order valence-electron chi connectivity index (χ3n) is 6.19. The van der Waals surface area contributed by atoms with E-state index in [1.807, 2.05) is 0 Å². The molecule has 30 heavy (non-hydrogen) atoms. The van der Waals surface area contributed by atoms with Gasteiger partial charge in [-0.05, 0) is 87.7 Å². The Morgan fingerprint density at radius 2 is 2.03 bits per heavy atom. The molecule has 0 spiro atoms. The third kappa shape index (κ3) is 7.25. The second-order valence-corrected chi connectivity index (χ2v) is 8.43. The van der Waals surface area contributed by atoms with Crippen molar-refractivity contribution in [1.29, 1.82) is 0 Å². The molecule has 168 valence electrons. The van der Waals surface area contributed by atoms with E-state index in [-0.39, 0.29) is 12.2 Å². The van der Waals surface area contributed by atoms with Crippen LogP contribution in [0.15, 0.2) is 18.2 Å². The lowest BCUT2D eigenvalue weighted by molar-refractivity contribution is -0.165. The number of carbonyl (C=O) groups is 1. The molecule has 1 amide bonds. The lowest BCUT2D eigenvalue weighted by Gasteiger charge is -2.33. The maximum atomic E-state index is 10.9. The highest BCUT2D eigenvalue weighted by Gasteiger charge is 2.23. The summed E-state index contributed by atoms with van der Waals surface area (Å²) in [6.07, 6.45) is 7.78.